The molecule has 0 atom stereocenters. The number of aromatic nitrogens is 1. The van der Waals surface area contributed by atoms with Gasteiger partial charge in [0.05, 0.1) is 4.92 Å². The first-order valence-electron chi connectivity index (χ1n) is 3.35. The summed E-state index contributed by atoms with van der Waals surface area (Å²) in [6.07, 6.45) is 0. The predicted molar refractivity (Wildman–Crippen MR) is 50.5 cm³/mol. The first-order chi connectivity index (χ1) is 6.78. The Morgan fingerprint density at radius 2 is 2.07 bits per heavy atom. The Hall–Kier alpha value is -0.830. The molecule has 0 aromatic carbocycles. The van der Waals surface area contributed by atoms with Crippen molar-refractivity contribution in [1.29, 1.82) is 0 Å². The minimum Gasteiger partial charge on any atom is -0.258 e. The highest BCUT2D eigenvalue weighted by atomic mass is 79.9. The summed E-state index contributed by atoms with van der Waals surface area (Å²) in [4.78, 5) is 13.0. The fourth-order valence-electron chi connectivity index (χ4n) is 0.736. The fraction of sp³-hybridized carbons (Fsp3) is 0.167. The molecule has 1 aromatic heterocycles. The second-order valence-corrected chi connectivity index (χ2v) is 4.19. The molecule has 0 amide bonds. The molecule has 0 aliphatic heterocycles. The number of hydrogen-bond acceptors (Lipinski definition) is 4. The maximum Gasteiger partial charge on any atom is 0.447 e. The third kappa shape index (κ3) is 4.04. The number of pyridine rings is 1. The lowest BCUT2D eigenvalue weighted by molar-refractivity contribution is -0.385. The van der Waals surface area contributed by atoms with Gasteiger partial charge in [0.1, 0.15) is 9.63 Å². The van der Waals surface area contributed by atoms with E-state index in [1.54, 1.807) is 0 Å². The van der Waals surface area contributed by atoms with Gasteiger partial charge in [-0.15, -0.1) is 0 Å². The Labute approximate surface area is 94.2 Å². The van der Waals surface area contributed by atoms with E-state index >= 15 is 0 Å². The summed E-state index contributed by atoms with van der Waals surface area (Å²) in [5.74, 6) is 0. The van der Waals surface area contributed by atoms with Gasteiger partial charge in [0, 0.05) is 23.9 Å². The molecule has 0 N–H and O–H groups in total. The first kappa shape index (κ1) is 12.2. The van der Waals surface area contributed by atoms with Crippen molar-refractivity contribution in [3.63, 3.8) is 0 Å². The van der Waals surface area contributed by atoms with Gasteiger partial charge in [0.25, 0.3) is 5.69 Å². The van der Waals surface area contributed by atoms with E-state index < -0.39 is 32.9 Å². The van der Waals surface area contributed by atoms with Gasteiger partial charge in [-0.2, -0.15) is 13.2 Å². The van der Waals surface area contributed by atoms with E-state index in [0.717, 1.165) is 12.1 Å². The van der Waals surface area contributed by atoms with E-state index in [1.165, 1.54) is 0 Å². The van der Waals surface area contributed by atoms with E-state index in [2.05, 4.69) is 20.9 Å². The summed E-state index contributed by atoms with van der Waals surface area (Å²) >= 11 is 2.29. The molecule has 0 saturated heterocycles. The number of rotatable bonds is 2. The van der Waals surface area contributed by atoms with E-state index in [0.29, 0.717) is 0 Å². The third-order valence-electron chi connectivity index (χ3n) is 1.19. The molecule has 1 aromatic rings. The van der Waals surface area contributed by atoms with Crippen molar-refractivity contribution in [2.75, 3.05) is 0 Å². The molecule has 0 aliphatic carbocycles. The lowest BCUT2D eigenvalue weighted by atomic mass is 10.4. The molecular formula is C6H2BrF3N2O2S. The van der Waals surface area contributed by atoms with Gasteiger partial charge >= 0.3 is 5.51 Å². The highest BCUT2D eigenvalue weighted by Gasteiger charge is 2.31. The van der Waals surface area contributed by atoms with E-state index in [4.69, 9.17) is 0 Å². The summed E-state index contributed by atoms with van der Waals surface area (Å²) in [6, 6.07) is 1.79. The molecule has 1 heterocycles. The van der Waals surface area contributed by atoms with Crippen LogP contribution in [0.15, 0.2) is 21.8 Å². The maximum atomic E-state index is 11.9. The van der Waals surface area contributed by atoms with Crippen molar-refractivity contribution >= 4 is 33.4 Å². The number of alkyl halides is 3. The van der Waals surface area contributed by atoms with Crippen LogP contribution in [0.1, 0.15) is 0 Å². The Morgan fingerprint density at radius 1 is 1.47 bits per heavy atom. The first-order valence-corrected chi connectivity index (χ1v) is 4.96. The monoisotopic (exact) mass is 302 g/mol. The lowest BCUT2D eigenvalue weighted by Crippen LogP contribution is -2.01. The van der Waals surface area contributed by atoms with Crippen LogP contribution in [-0.2, 0) is 0 Å². The normalized spacial score (nSPS) is 11.5. The highest BCUT2D eigenvalue weighted by Crippen LogP contribution is 2.37. The van der Waals surface area contributed by atoms with Crippen molar-refractivity contribution in [2.45, 2.75) is 10.5 Å². The quantitative estimate of drug-likeness (QED) is 0.364. The summed E-state index contributed by atoms with van der Waals surface area (Å²) in [5, 5.41) is 9.87. The van der Waals surface area contributed by atoms with Crippen LogP contribution in [0.3, 0.4) is 0 Å². The average molecular weight is 303 g/mol. The molecule has 82 valence electrons. The largest absolute Gasteiger partial charge is 0.447 e. The predicted octanol–water partition coefficient (Wildman–Crippen LogP) is 3.36. The van der Waals surface area contributed by atoms with Crippen LogP contribution in [0.5, 0.6) is 0 Å². The molecular weight excluding hydrogens is 301 g/mol. The van der Waals surface area contributed by atoms with Gasteiger partial charge in [0.15, 0.2) is 0 Å². The summed E-state index contributed by atoms with van der Waals surface area (Å²) < 4.78 is 35.8. The Balaban J connectivity index is 3.04. The van der Waals surface area contributed by atoms with Crippen molar-refractivity contribution in [3.8, 4) is 0 Å². The summed E-state index contributed by atoms with van der Waals surface area (Å²) in [6.45, 7) is 0. The van der Waals surface area contributed by atoms with Crippen molar-refractivity contribution in [1.82, 2.24) is 4.98 Å². The van der Waals surface area contributed by atoms with Crippen LogP contribution >= 0.6 is 27.7 Å². The van der Waals surface area contributed by atoms with Crippen LogP contribution in [0.4, 0.5) is 18.9 Å². The molecule has 0 spiro atoms. The second kappa shape index (κ2) is 4.35. The van der Waals surface area contributed by atoms with Gasteiger partial charge < -0.3 is 0 Å². The Bertz CT molecular complexity index is 398. The summed E-state index contributed by atoms with van der Waals surface area (Å²) in [7, 11) is 0. The Morgan fingerprint density at radius 3 is 2.53 bits per heavy atom. The average Bonchev–Trinajstić information content (AvgIpc) is 1.99. The van der Waals surface area contributed by atoms with Crippen molar-refractivity contribution < 1.29 is 18.1 Å². The number of nitro groups is 1. The zero-order valence-electron chi connectivity index (χ0n) is 6.79. The number of nitrogens with zero attached hydrogens (tertiary/aromatic N) is 2. The molecule has 9 heteroatoms. The minimum atomic E-state index is -4.51. The maximum absolute atomic E-state index is 11.9. The molecule has 0 aliphatic rings. The van der Waals surface area contributed by atoms with Crippen LogP contribution in [-0.4, -0.2) is 15.4 Å². The van der Waals surface area contributed by atoms with Crippen molar-refractivity contribution in [2.24, 2.45) is 0 Å². The van der Waals surface area contributed by atoms with E-state index in [1.807, 2.05) is 0 Å². The molecule has 0 bridgehead atoms. The molecule has 0 saturated carbocycles. The summed E-state index contributed by atoms with van der Waals surface area (Å²) in [5.41, 5.74) is -4.95. The van der Waals surface area contributed by atoms with E-state index in [-0.39, 0.29) is 4.60 Å². The van der Waals surface area contributed by atoms with E-state index in [9.17, 15) is 23.3 Å². The van der Waals surface area contributed by atoms with Gasteiger partial charge in [-0.1, -0.05) is 0 Å². The van der Waals surface area contributed by atoms with Gasteiger partial charge in [0.2, 0.25) is 0 Å². The standard InChI is InChI=1S/C6H2BrF3N2O2S/c7-4-1-3(12(13)14)2-5(11-4)15-6(8,9)10/h1-2H. The zero-order valence-corrected chi connectivity index (χ0v) is 9.19. The molecule has 1 rings (SSSR count). The molecule has 0 radical (unpaired) electrons. The van der Waals surface area contributed by atoms with Crippen LogP contribution in [0.2, 0.25) is 0 Å². The minimum absolute atomic E-state index is 0.0107. The Kier molecular flexibility index (Phi) is 3.55. The fourth-order valence-corrected chi connectivity index (χ4v) is 1.84. The highest BCUT2D eigenvalue weighted by molar-refractivity contribution is 9.10. The molecule has 4 nitrogen and oxygen atoms in total. The number of halogens is 4. The van der Waals surface area contributed by atoms with Crippen LogP contribution in [0, 0.1) is 10.1 Å². The molecule has 0 unspecified atom stereocenters. The SMILES string of the molecule is O=[N+]([O-])c1cc(Br)nc(SC(F)(F)F)c1. The smallest absolute Gasteiger partial charge is 0.258 e. The van der Waals surface area contributed by atoms with Crippen molar-refractivity contribution in [3.05, 3.63) is 26.9 Å². The third-order valence-corrected chi connectivity index (χ3v) is 2.24. The van der Waals surface area contributed by atoms with Crippen LogP contribution < -0.4 is 0 Å². The number of hydrogen-bond donors (Lipinski definition) is 0. The molecule has 0 fully saturated rings. The topological polar surface area (TPSA) is 56.0 Å². The second-order valence-electron chi connectivity index (χ2n) is 2.29. The zero-order chi connectivity index (χ0) is 11.6. The molecule has 15 heavy (non-hydrogen) atoms. The number of thioether (sulfide) groups is 1. The van der Waals surface area contributed by atoms with Gasteiger partial charge in [-0.05, 0) is 15.9 Å². The lowest BCUT2D eigenvalue weighted by Gasteiger charge is -2.04. The van der Waals surface area contributed by atoms with Gasteiger partial charge in [-0.3, -0.25) is 10.1 Å². The van der Waals surface area contributed by atoms with Gasteiger partial charge in [-0.25, -0.2) is 4.98 Å². The van der Waals surface area contributed by atoms with Crippen LogP contribution in [0.25, 0.3) is 0 Å².